The van der Waals surface area contributed by atoms with Crippen molar-refractivity contribution in [2.24, 2.45) is 0 Å². The number of aromatic nitrogens is 1. The van der Waals surface area contributed by atoms with Gasteiger partial charge >= 0.3 is 5.97 Å². The van der Waals surface area contributed by atoms with Gasteiger partial charge in [-0.2, -0.15) is 0 Å². The van der Waals surface area contributed by atoms with E-state index in [2.05, 4.69) is 10.3 Å². The van der Waals surface area contributed by atoms with Gasteiger partial charge in [-0.1, -0.05) is 23.8 Å². The fraction of sp³-hybridized carbons (Fsp3) is 0.0500. The van der Waals surface area contributed by atoms with Gasteiger partial charge in [-0.15, -0.1) is 0 Å². The zero-order valence-corrected chi connectivity index (χ0v) is 13.9. The zero-order valence-electron chi connectivity index (χ0n) is 13.9. The second kappa shape index (κ2) is 7.06. The monoisotopic (exact) mass is 348 g/mol. The van der Waals surface area contributed by atoms with Crippen LogP contribution in [0.5, 0.6) is 5.75 Å². The molecular weight excluding hydrogens is 332 g/mol. The van der Waals surface area contributed by atoms with Gasteiger partial charge in [-0.3, -0.25) is 9.78 Å². The summed E-state index contributed by atoms with van der Waals surface area (Å²) in [4.78, 5) is 27.4. The molecule has 3 rings (SSSR count). The second-order valence-electron chi connectivity index (χ2n) is 5.82. The van der Waals surface area contributed by atoms with E-state index in [4.69, 9.17) is 5.11 Å². The molecule has 2 aromatic carbocycles. The number of carboxylic acids is 1. The molecule has 1 heterocycles. The summed E-state index contributed by atoms with van der Waals surface area (Å²) >= 11 is 0. The van der Waals surface area contributed by atoms with Crippen molar-refractivity contribution >= 4 is 17.6 Å². The molecule has 0 atom stereocenters. The van der Waals surface area contributed by atoms with E-state index < -0.39 is 5.97 Å². The van der Waals surface area contributed by atoms with Gasteiger partial charge in [0.1, 0.15) is 11.3 Å². The number of nitrogens with zero attached hydrogens (tertiary/aromatic N) is 1. The van der Waals surface area contributed by atoms with Crippen LogP contribution in [0.2, 0.25) is 0 Å². The fourth-order valence-electron chi connectivity index (χ4n) is 2.47. The minimum atomic E-state index is -1.20. The Hall–Kier alpha value is -3.67. The Morgan fingerprint density at radius 2 is 1.69 bits per heavy atom. The second-order valence-corrected chi connectivity index (χ2v) is 5.82. The number of aromatic hydroxyl groups is 1. The lowest BCUT2D eigenvalue weighted by molar-refractivity contribution is 0.0693. The number of hydrogen-bond acceptors (Lipinski definition) is 4. The molecule has 0 unspecified atom stereocenters. The molecule has 0 aliphatic heterocycles. The number of rotatable bonds is 4. The topological polar surface area (TPSA) is 99.5 Å². The molecule has 0 radical (unpaired) electrons. The Morgan fingerprint density at radius 1 is 0.962 bits per heavy atom. The summed E-state index contributed by atoms with van der Waals surface area (Å²) in [5.74, 6) is -1.79. The molecule has 6 nitrogen and oxygen atoms in total. The van der Waals surface area contributed by atoms with E-state index >= 15 is 0 Å². The van der Waals surface area contributed by atoms with Crippen LogP contribution in [0, 0.1) is 6.92 Å². The molecule has 0 bridgehead atoms. The summed E-state index contributed by atoms with van der Waals surface area (Å²) in [7, 11) is 0. The lowest BCUT2D eigenvalue weighted by atomic mass is 10.0. The summed E-state index contributed by atoms with van der Waals surface area (Å²) in [6, 6.07) is 13.2. The summed E-state index contributed by atoms with van der Waals surface area (Å²) in [6.07, 6.45) is 3.08. The Labute approximate surface area is 149 Å². The molecule has 6 heteroatoms. The largest absolute Gasteiger partial charge is 0.507 e. The summed E-state index contributed by atoms with van der Waals surface area (Å²) in [6.45, 7) is 1.94. The van der Waals surface area contributed by atoms with E-state index in [9.17, 15) is 14.7 Å². The van der Waals surface area contributed by atoms with Crippen LogP contribution < -0.4 is 5.32 Å². The number of hydrogen-bond donors (Lipinski definition) is 3. The Balaban J connectivity index is 1.84. The summed E-state index contributed by atoms with van der Waals surface area (Å²) in [5.41, 5.74) is 3.14. The maximum Gasteiger partial charge on any atom is 0.339 e. The lowest BCUT2D eigenvalue weighted by Crippen LogP contribution is -2.12. The standard InChI is InChI=1S/C20H16N2O4/c1-12-2-4-13(5-3-12)19(24)22-16-8-15(10-21-11-16)14-6-7-17(20(25)26)18(23)9-14/h2-11,23H,1H3,(H,22,24)(H,25,26). The first kappa shape index (κ1) is 17.2. The van der Waals surface area contributed by atoms with Gasteiger partial charge in [-0.05, 0) is 42.8 Å². The normalized spacial score (nSPS) is 10.3. The third-order valence-corrected chi connectivity index (χ3v) is 3.87. The first-order chi connectivity index (χ1) is 12.4. The summed E-state index contributed by atoms with van der Waals surface area (Å²) in [5, 5.41) is 21.6. The minimum absolute atomic E-state index is 0.175. The van der Waals surface area contributed by atoms with Crippen LogP contribution in [0.3, 0.4) is 0 Å². The molecule has 0 saturated carbocycles. The van der Waals surface area contributed by atoms with Crippen molar-refractivity contribution in [1.82, 2.24) is 4.98 Å². The number of amides is 1. The van der Waals surface area contributed by atoms with Crippen molar-refractivity contribution in [3.8, 4) is 16.9 Å². The molecule has 26 heavy (non-hydrogen) atoms. The van der Waals surface area contributed by atoms with Crippen molar-refractivity contribution in [2.45, 2.75) is 6.92 Å². The highest BCUT2D eigenvalue weighted by atomic mass is 16.4. The molecule has 0 saturated heterocycles. The van der Waals surface area contributed by atoms with E-state index in [0.717, 1.165) is 5.56 Å². The number of carboxylic acid groups (broad SMARTS) is 1. The van der Waals surface area contributed by atoms with Crippen LogP contribution in [0.1, 0.15) is 26.3 Å². The molecule has 0 fully saturated rings. The van der Waals surface area contributed by atoms with Crippen LogP contribution in [0.25, 0.3) is 11.1 Å². The third-order valence-electron chi connectivity index (χ3n) is 3.87. The van der Waals surface area contributed by atoms with Gasteiger partial charge in [-0.25, -0.2) is 4.79 Å². The molecule has 0 aliphatic carbocycles. The van der Waals surface area contributed by atoms with Gasteiger partial charge in [0.2, 0.25) is 0 Å². The number of nitrogens with one attached hydrogen (secondary N) is 1. The molecule has 1 amide bonds. The van der Waals surface area contributed by atoms with Gasteiger partial charge in [0.15, 0.2) is 0 Å². The predicted octanol–water partition coefficient (Wildman–Crippen LogP) is 3.71. The number of anilines is 1. The molecule has 130 valence electrons. The van der Waals surface area contributed by atoms with E-state index in [0.29, 0.717) is 22.4 Å². The van der Waals surface area contributed by atoms with Crippen LogP contribution in [0.4, 0.5) is 5.69 Å². The molecule has 3 N–H and O–H groups in total. The van der Waals surface area contributed by atoms with Crippen LogP contribution in [-0.4, -0.2) is 27.1 Å². The Kier molecular flexibility index (Phi) is 4.66. The predicted molar refractivity (Wildman–Crippen MR) is 97.4 cm³/mol. The number of carbonyl (C=O) groups excluding carboxylic acids is 1. The Morgan fingerprint density at radius 3 is 2.35 bits per heavy atom. The first-order valence-corrected chi connectivity index (χ1v) is 7.84. The fourth-order valence-corrected chi connectivity index (χ4v) is 2.47. The lowest BCUT2D eigenvalue weighted by Gasteiger charge is -2.08. The average Bonchev–Trinajstić information content (AvgIpc) is 2.62. The van der Waals surface area contributed by atoms with Crippen LogP contribution >= 0.6 is 0 Å². The number of carbonyl (C=O) groups is 2. The van der Waals surface area contributed by atoms with E-state index in [-0.39, 0.29) is 17.2 Å². The molecule has 3 aromatic rings. The Bertz CT molecular complexity index is 981. The van der Waals surface area contributed by atoms with Crippen molar-refractivity contribution in [3.63, 3.8) is 0 Å². The highest BCUT2D eigenvalue weighted by molar-refractivity contribution is 6.04. The van der Waals surface area contributed by atoms with Gasteiger partial charge in [0.25, 0.3) is 5.91 Å². The molecule has 0 spiro atoms. The van der Waals surface area contributed by atoms with Gasteiger partial charge < -0.3 is 15.5 Å². The smallest absolute Gasteiger partial charge is 0.339 e. The number of aryl methyl sites for hydroxylation is 1. The average molecular weight is 348 g/mol. The number of pyridine rings is 1. The molecule has 0 aliphatic rings. The number of phenols is 1. The van der Waals surface area contributed by atoms with Crippen molar-refractivity contribution in [2.75, 3.05) is 5.32 Å². The van der Waals surface area contributed by atoms with E-state index in [1.807, 2.05) is 19.1 Å². The molecule has 1 aromatic heterocycles. The van der Waals surface area contributed by atoms with Crippen molar-refractivity contribution < 1.29 is 19.8 Å². The quantitative estimate of drug-likeness (QED) is 0.667. The number of aromatic carboxylic acids is 1. The highest BCUT2D eigenvalue weighted by Crippen LogP contribution is 2.27. The van der Waals surface area contributed by atoms with Crippen LogP contribution in [-0.2, 0) is 0 Å². The van der Waals surface area contributed by atoms with E-state index in [1.54, 1.807) is 30.5 Å². The minimum Gasteiger partial charge on any atom is -0.507 e. The zero-order chi connectivity index (χ0) is 18.7. The highest BCUT2D eigenvalue weighted by Gasteiger charge is 2.12. The van der Waals surface area contributed by atoms with E-state index in [1.165, 1.54) is 18.3 Å². The molecular formula is C20H16N2O4. The maximum atomic E-state index is 12.3. The van der Waals surface area contributed by atoms with Crippen molar-refractivity contribution in [3.05, 3.63) is 77.6 Å². The van der Waals surface area contributed by atoms with Crippen molar-refractivity contribution in [1.29, 1.82) is 0 Å². The van der Waals surface area contributed by atoms with Gasteiger partial charge in [0, 0.05) is 17.3 Å². The maximum absolute atomic E-state index is 12.3. The SMILES string of the molecule is Cc1ccc(C(=O)Nc2cncc(-c3ccc(C(=O)O)c(O)c3)c2)cc1. The van der Waals surface area contributed by atoms with Gasteiger partial charge in [0.05, 0.1) is 11.9 Å². The summed E-state index contributed by atoms with van der Waals surface area (Å²) < 4.78 is 0. The van der Waals surface area contributed by atoms with Crippen LogP contribution in [0.15, 0.2) is 60.9 Å². The first-order valence-electron chi connectivity index (χ1n) is 7.84. The third kappa shape index (κ3) is 3.70. The number of benzene rings is 2.